The highest BCUT2D eigenvalue weighted by Crippen LogP contribution is 1.96. The zero-order chi connectivity index (χ0) is 6.85. The second-order valence-electron chi connectivity index (χ2n) is 1.63. The monoisotopic (exact) mass is 122 g/mol. The van der Waals surface area contributed by atoms with Crippen LogP contribution in [0.4, 0.5) is 10.1 Å². The van der Waals surface area contributed by atoms with Crippen LogP contribution in [0.5, 0.6) is 0 Å². The van der Waals surface area contributed by atoms with E-state index < -0.39 is 5.82 Å². The smallest absolute Gasteiger partial charge is 0.144 e. The molecule has 2 nitrogen and oxygen atoms in total. The number of nitrogen functional groups attached to an aromatic ring is 1. The predicted octanol–water partition coefficient (Wildman–Crippen LogP) is -0.403. The van der Waals surface area contributed by atoms with Gasteiger partial charge in [-0.15, -0.1) is 0 Å². The van der Waals surface area contributed by atoms with Crippen molar-refractivity contribution in [3.8, 4) is 0 Å². The third-order valence-corrected chi connectivity index (χ3v) is 0.916. The highest BCUT2D eigenvalue weighted by atomic mass is 19.1. The molecule has 0 unspecified atom stereocenters. The lowest BCUT2D eigenvalue weighted by molar-refractivity contribution is 0.623. The van der Waals surface area contributed by atoms with Crippen LogP contribution in [0.2, 0.25) is 0 Å². The normalized spacial score (nSPS) is 9.44. The molecule has 0 atom stereocenters. The molecule has 2 N–H and O–H groups in total. The van der Waals surface area contributed by atoms with Gasteiger partial charge in [-0.25, -0.2) is 4.39 Å². The van der Waals surface area contributed by atoms with Gasteiger partial charge in [0.2, 0.25) is 0 Å². The van der Waals surface area contributed by atoms with Gasteiger partial charge in [-0.1, -0.05) is 0 Å². The number of nitrogens with two attached hydrogens (primary N) is 1. The molecule has 1 heterocycles. The first-order valence-corrected chi connectivity index (χ1v) is 2.36. The van der Waals surface area contributed by atoms with Gasteiger partial charge in [0, 0.05) is 11.3 Å². The van der Waals surface area contributed by atoms with E-state index in [2.05, 4.69) is 4.98 Å². The Balaban J connectivity index is 3.17. The van der Waals surface area contributed by atoms with Crippen molar-refractivity contribution < 1.29 is 4.39 Å². The van der Waals surface area contributed by atoms with Gasteiger partial charge < -0.3 is 5.73 Å². The molecule has 0 spiro atoms. The SMILES string of the molecule is [B]c1ncc(F)cc1N. The Labute approximate surface area is 53.3 Å². The molecule has 4 heteroatoms. The van der Waals surface area contributed by atoms with Gasteiger partial charge in [0.1, 0.15) is 13.7 Å². The lowest BCUT2D eigenvalue weighted by Crippen LogP contribution is -2.13. The Kier molecular flexibility index (Phi) is 1.38. The van der Waals surface area contributed by atoms with Crippen molar-refractivity contribution in [3.05, 3.63) is 18.1 Å². The summed E-state index contributed by atoms with van der Waals surface area (Å²) in [5, 5.41) is 0. The summed E-state index contributed by atoms with van der Waals surface area (Å²) >= 11 is 0. The molecule has 0 saturated carbocycles. The number of pyridine rings is 1. The molecule has 1 aromatic heterocycles. The van der Waals surface area contributed by atoms with Crippen molar-refractivity contribution in [1.29, 1.82) is 0 Å². The fourth-order valence-corrected chi connectivity index (χ4v) is 0.466. The fourth-order valence-electron chi connectivity index (χ4n) is 0.466. The summed E-state index contributed by atoms with van der Waals surface area (Å²) in [7, 11) is 5.19. The minimum Gasteiger partial charge on any atom is -0.398 e. The average Bonchev–Trinajstić information content (AvgIpc) is 1.80. The van der Waals surface area contributed by atoms with Crippen molar-refractivity contribution in [2.45, 2.75) is 0 Å². The van der Waals surface area contributed by atoms with Crippen LogP contribution in [0, 0.1) is 5.82 Å². The Morgan fingerprint density at radius 2 is 2.33 bits per heavy atom. The van der Waals surface area contributed by atoms with Crippen molar-refractivity contribution in [3.63, 3.8) is 0 Å². The van der Waals surface area contributed by atoms with Crippen LogP contribution >= 0.6 is 0 Å². The average molecular weight is 122 g/mol. The summed E-state index contributed by atoms with van der Waals surface area (Å²) in [6.07, 6.45) is 1.02. The lowest BCUT2D eigenvalue weighted by Gasteiger charge is -1.95. The minimum absolute atomic E-state index is 0.163. The number of hydrogen-bond donors (Lipinski definition) is 1. The molecule has 9 heavy (non-hydrogen) atoms. The Morgan fingerprint density at radius 1 is 1.67 bits per heavy atom. The second kappa shape index (κ2) is 2.05. The van der Waals surface area contributed by atoms with Crippen LogP contribution in [0.1, 0.15) is 0 Å². The highest BCUT2D eigenvalue weighted by molar-refractivity contribution is 6.33. The first-order chi connectivity index (χ1) is 4.20. The first kappa shape index (κ1) is 6.07. The number of rotatable bonds is 0. The molecule has 1 rings (SSSR count). The molecule has 2 radical (unpaired) electrons. The number of aromatic nitrogens is 1. The third kappa shape index (κ3) is 1.19. The van der Waals surface area contributed by atoms with Gasteiger partial charge in [0.25, 0.3) is 0 Å². The zero-order valence-electron chi connectivity index (χ0n) is 4.63. The molecule has 0 saturated heterocycles. The van der Waals surface area contributed by atoms with Crippen LogP contribution in [0.3, 0.4) is 0 Å². The van der Waals surface area contributed by atoms with Crippen LogP contribution in [0.15, 0.2) is 12.3 Å². The molecule has 0 aliphatic rings. The fraction of sp³-hybridized carbons (Fsp3) is 0. The molecular formula is C5H4BFN2. The molecule has 0 aromatic carbocycles. The van der Waals surface area contributed by atoms with Crippen molar-refractivity contribution in [1.82, 2.24) is 4.98 Å². The van der Waals surface area contributed by atoms with E-state index in [1.54, 1.807) is 0 Å². The molecule has 0 amide bonds. The van der Waals surface area contributed by atoms with Gasteiger partial charge in [-0.2, -0.15) is 0 Å². The van der Waals surface area contributed by atoms with Gasteiger partial charge in [-0.05, 0) is 6.07 Å². The summed E-state index contributed by atoms with van der Waals surface area (Å²) in [4.78, 5) is 3.46. The third-order valence-electron chi connectivity index (χ3n) is 0.916. The maximum absolute atomic E-state index is 12.1. The van der Waals surface area contributed by atoms with E-state index in [1.165, 1.54) is 0 Å². The molecule has 0 aliphatic carbocycles. The van der Waals surface area contributed by atoms with E-state index in [-0.39, 0.29) is 11.3 Å². The van der Waals surface area contributed by atoms with Crippen LogP contribution in [-0.4, -0.2) is 12.8 Å². The molecular weight excluding hydrogens is 118 g/mol. The standard InChI is InChI=1S/C5H4BFN2/c6-5-4(8)1-3(7)2-9-5/h1-2H,8H2. The van der Waals surface area contributed by atoms with Crippen molar-refractivity contribution in [2.24, 2.45) is 0 Å². The molecule has 0 fully saturated rings. The topological polar surface area (TPSA) is 38.9 Å². The summed E-state index contributed by atoms with van der Waals surface area (Å²) in [6, 6.07) is 1.13. The largest absolute Gasteiger partial charge is 0.398 e. The summed E-state index contributed by atoms with van der Waals surface area (Å²) in [5.41, 5.74) is 5.53. The van der Waals surface area contributed by atoms with Gasteiger partial charge >= 0.3 is 0 Å². The first-order valence-electron chi connectivity index (χ1n) is 2.36. The van der Waals surface area contributed by atoms with E-state index in [0.29, 0.717) is 0 Å². The minimum atomic E-state index is -0.471. The number of hydrogen-bond acceptors (Lipinski definition) is 2. The van der Waals surface area contributed by atoms with Crippen LogP contribution < -0.4 is 11.3 Å². The predicted molar refractivity (Wildman–Crippen MR) is 34.0 cm³/mol. The maximum atomic E-state index is 12.1. The van der Waals surface area contributed by atoms with E-state index in [4.69, 9.17) is 13.6 Å². The van der Waals surface area contributed by atoms with Crippen LogP contribution in [-0.2, 0) is 0 Å². The lowest BCUT2D eigenvalue weighted by atomic mass is 10.0. The second-order valence-corrected chi connectivity index (χ2v) is 1.63. The highest BCUT2D eigenvalue weighted by Gasteiger charge is 1.93. The van der Waals surface area contributed by atoms with E-state index >= 15 is 0 Å². The van der Waals surface area contributed by atoms with Gasteiger partial charge in [-0.3, -0.25) is 4.98 Å². The zero-order valence-corrected chi connectivity index (χ0v) is 4.63. The van der Waals surface area contributed by atoms with E-state index in [0.717, 1.165) is 12.3 Å². The maximum Gasteiger partial charge on any atom is 0.144 e. The number of nitrogens with zero attached hydrogens (tertiary/aromatic N) is 1. The Hall–Kier alpha value is -1.06. The van der Waals surface area contributed by atoms with E-state index in [1.807, 2.05) is 0 Å². The Morgan fingerprint density at radius 3 is 2.78 bits per heavy atom. The molecule has 1 aromatic rings. The Bertz CT molecular complexity index is 226. The van der Waals surface area contributed by atoms with Crippen molar-refractivity contribution >= 4 is 19.1 Å². The quantitative estimate of drug-likeness (QED) is 0.475. The summed E-state index contributed by atoms with van der Waals surface area (Å²) in [6.45, 7) is 0. The number of anilines is 1. The van der Waals surface area contributed by atoms with Crippen molar-refractivity contribution in [2.75, 3.05) is 5.73 Å². The van der Waals surface area contributed by atoms with Gasteiger partial charge in [0.15, 0.2) is 0 Å². The number of halogens is 1. The molecule has 0 bridgehead atoms. The molecule has 0 aliphatic heterocycles. The van der Waals surface area contributed by atoms with Gasteiger partial charge in [0.05, 0.1) is 6.20 Å². The van der Waals surface area contributed by atoms with Crippen LogP contribution in [0.25, 0.3) is 0 Å². The van der Waals surface area contributed by atoms with E-state index in [9.17, 15) is 4.39 Å². The molecule has 44 valence electrons. The summed E-state index contributed by atoms with van der Waals surface area (Å²) < 4.78 is 12.1. The summed E-state index contributed by atoms with van der Waals surface area (Å²) in [5.74, 6) is -0.471.